The van der Waals surface area contributed by atoms with Gasteiger partial charge in [0.1, 0.15) is 29.9 Å². The van der Waals surface area contributed by atoms with Crippen molar-refractivity contribution in [3.63, 3.8) is 0 Å². The summed E-state index contributed by atoms with van der Waals surface area (Å²) >= 11 is 0. The highest BCUT2D eigenvalue weighted by atomic mass is 16.5. The first-order valence-electron chi connectivity index (χ1n) is 9.34. The summed E-state index contributed by atoms with van der Waals surface area (Å²) in [5.41, 5.74) is 4.69. The van der Waals surface area contributed by atoms with Crippen LogP contribution in [0.2, 0.25) is 0 Å². The van der Waals surface area contributed by atoms with Crippen molar-refractivity contribution in [2.45, 2.75) is 31.8 Å². The van der Waals surface area contributed by atoms with Crippen LogP contribution in [-0.4, -0.2) is 22.1 Å². The molecule has 0 amide bonds. The fourth-order valence-electron chi connectivity index (χ4n) is 4.17. The van der Waals surface area contributed by atoms with Crippen LogP contribution in [0.3, 0.4) is 0 Å². The van der Waals surface area contributed by atoms with Crippen LogP contribution >= 0.6 is 0 Å². The van der Waals surface area contributed by atoms with Gasteiger partial charge in [-0.15, -0.1) is 0 Å². The number of ketones is 1. The lowest BCUT2D eigenvalue weighted by Crippen LogP contribution is -2.36. The maximum Gasteiger partial charge on any atom is 0.244 e. The molecule has 2 aliphatic rings. The van der Waals surface area contributed by atoms with Crippen molar-refractivity contribution in [3.05, 3.63) is 77.4 Å². The van der Waals surface area contributed by atoms with E-state index in [2.05, 4.69) is 16.7 Å². The zero-order chi connectivity index (χ0) is 18.4. The van der Waals surface area contributed by atoms with Gasteiger partial charge in [-0.25, -0.2) is 9.13 Å². The van der Waals surface area contributed by atoms with E-state index in [1.807, 2.05) is 23.3 Å². The number of imidazole rings is 1. The molecule has 1 N–H and O–H groups in total. The summed E-state index contributed by atoms with van der Waals surface area (Å²) in [6.07, 6.45) is 9.15. The Morgan fingerprint density at radius 3 is 2.89 bits per heavy atom. The molecule has 1 atom stereocenters. The molecular formula is C22H21N2O3+. The highest BCUT2D eigenvalue weighted by Crippen LogP contribution is 2.39. The van der Waals surface area contributed by atoms with Gasteiger partial charge in [-0.3, -0.25) is 4.79 Å². The number of hydrogen-bond acceptors (Lipinski definition) is 3. The second-order valence-electron chi connectivity index (χ2n) is 7.31. The van der Waals surface area contributed by atoms with Gasteiger partial charge >= 0.3 is 0 Å². The van der Waals surface area contributed by atoms with Crippen molar-refractivity contribution in [2.24, 2.45) is 0 Å². The second kappa shape index (κ2) is 6.27. The van der Waals surface area contributed by atoms with Crippen LogP contribution in [-0.2, 0) is 19.4 Å². The van der Waals surface area contributed by atoms with E-state index in [4.69, 9.17) is 4.74 Å². The van der Waals surface area contributed by atoms with Crippen molar-refractivity contribution < 1.29 is 19.2 Å². The molecule has 136 valence electrons. The number of nitrogens with zero attached hydrogens (tertiary/aromatic N) is 2. The summed E-state index contributed by atoms with van der Waals surface area (Å²) in [7, 11) is 0. The SMILES string of the molecule is O=C(C[n+]1ccn(C2CCc3cc4c(cc32)OCC4)c1)c1ccc(O)cc1. The van der Waals surface area contributed by atoms with Gasteiger partial charge in [0, 0.05) is 17.5 Å². The topological polar surface area (TPSA) is 55.3 Å². The van der Waals surface area contributed by atoms with Crippen LogP contribution in [0.25, 0.3) is 0 Å². The minimum atomic E-state index is 0.0239. The summed E-state index contributed by atoms with van der Waals surface area (Å²) in [6, 6.07) is 11.2. The summed E-state index contributed by atoms with van der Waals surface area (Å²) < 4.78 is 9.85. The molecule has 1 aliphatic heterocycles. The Morgan fingerprint density at radius 2 is 2.04 bits per heavy atom. The number of aryl methyl sites for hydroxylation is 1. The second-order valence-corrected chi connectivity index (χ2v) is 7.31. The number of benzene rings is 2. The predicted octanol–water partition coefficient (Wildman–Crippen LogP) is 2.83. The molecule has 3 aromatic rings. The maximum atomic E-state index is 12.5. The zero-order valence-corrected chi connectivity index (χ0v) is 15.0. The largest absolute Gasteiger partial charge is 0.508 e. The van der Waals surface area contributed by atoms with Crippen LogP contribution in [0.5, 0.6) is 11.5 Å². The molecule has 5 heteroatoms. The van der Waals surface area contributed by atoms with Crippen LogP contribution in [0.15, 0.2) is 55.1 Å². The zero-order valence-electron chi connectivity index (χ0n) is 15.0. The summed E-state index contributed by atoms with van der Waals surface area (Å²) in [5.74, 6) is 1.22. The molecule has 5 rings (SSSR count). The van der Waals surface area contributed by atoms with E-state index in [0.717, 1.165) is 31.6 Å². The third-order valence-corrected chi connectivity index (χ3v) is 5.58. The predicted molar refractivity (Wildman–Crippen MR) is 99.2 cm³/mol. The number of rotatable bonds is 4. The molecular weight excluding hydrogens is 340 g/mol. The van der Waals surface area contributed by atoms with Gasteiger partial charge in [0.15, 0.2) is 6.54 Å². The number of hydrogen-bond donors (Lipinski definition) is 1. The van der Waals surface area contributed by atoms with Crippen molar-refractivity contribution in [3.8, 4) is 11.5 Å². The van der Waals surface area contributed by atoms with E-state index in [9.17, 15) is 9.90 Å². The molecule has 0 bridgehead atoms. The normalized spacial score (nSPS) is 17.4. The highest BCUT2D eigenvalue weighted by molar-refractivity contribution is 5.95. The van der Waals surface area contributed by atoms with E-state index < -0.39 is 0 Å². The van der Waals surface area contributed by atoms with Gasteiger partial charge in [0.05, 0.1) is 6.61 Å². The summed E-state index contributed by atoms with van der Waals surface area (Å²) in [5, 5.41) is 9.36. The molecule has 0 fully saturated rings. The Balaban J connectivity index is 1.36. The van der Waals surface area contributed by atoms with Crippen LogP contribution in [0, 0.1) is 0 Å². The minimum absolute atomic E-state index is 0.0239. The lowest BCUT2D eigenvalue weighted by Gasteiger charge is -2.09. The van der Waals surface area contributed by atoms with Gasteiger partial charge in [-0.1, -0.05) is 6.07 Å². The number of ether oxygens (including phenoxy) is 1. The number of carbonyl (C=O) groups excluding carboxylic acids is 1. The number of phenols is 1. The molecule has 0 saturated heterocycles. The number of phenolic OH excluding ortho intramolecular Hbond substituents is 1. The first-order valence-corrected chi connectivity index (χ1v) is 9.34. The molecule has 1 aromatic heterocycles. The third-order valence-electron chi connectivity index (χ3n) is 5.58. The number of carbonyl (C=O) groups is 1. The monoisotopic (exact) mass is 361 g/mol. The average Bonchev–Trinajstić information content (AvgIpc) is 3.39. The van der Waals surface area contributed by atoms with Gasteiger partial charge in [-0.05, 0) is 54.3 Å². The van der Waals surface area contributed by atoms with Gasteiger partial charge in [0.25, 0.3) is 0 Å². The third kappa shape index (κ3) is 2.89. The summed E-state index contributed by atoms with van der Waals surface area (Å²) in [4.78, 5) is 12.5. The van der Waals surface area contributed by atoms with Crippen LogP contribution in [0.1, 0.15) is 39.5 Å². The summed E-state index contributed by atoms with van der Waals surface area (Å²) in [6.45, 7) is 1.07. The Bertz CT molecular complexity index is 1020. The van der Waals surface area contributed by atoms with Crippen molar-refractivity contribution in [2.75, 3.05) is 6.61 Å². The standard InChI is InChI=1S/C22H20N2O3/c25-18-4-1-15(2-5-18)21(26)13-23-8-9-24(14-23)20-6-3-16-11-17-7-10-27-22(17)12-19(16)20/h1-2,4-5,8-9,11-12,14,20H,3,6-7,10,13H2/p+1. The minimum Gasteiger partial charge on any atom is -0.508 e. The Labute approximate surface area is 157 Å². The average molecular weight is 361 g/mol. The molecule has 5 nitrogen and oxygen atoms in total. The van der Waals surface area contributed by atoms with Gasteiger partial charge in [-0.2, -0.15) is 0 Å². The molecule has 0 spiro atoms. The number of Topliss-reactive ketones (excluding diaryl/α,β-unsaturated/α-hetero) is 1. The lowest BCUT2D eigenvalue weighted by molar-refractivity contribution is -0.682. The quantitative estimate of drug-likeness (QED) is 0.574. The lowest BCUT2D eigenvalue weighted by atomic mass is 10.0. The van der Waals surface area contributed by atoms with Crippen LogP contribution < -0.4 is 9.30 Å². The van der Waals surface area contributed by atoms with Crippen molar-refractivity contribution >= 4 is 5.78 Å². The molecule has 0 radical (unpaired) electrons. The Hall–Kier alpha value is -3.08. The first-order chi connectivity index (χ1) is 13.2. The fourth-order valence-corrected chi connectivity index (χ4v) is 4.17. The van der Waals surface area contributed by atoms with Gasteiger partial charge in [0.2, 0.25) is 12.1 Å². The smallest absolute Gasteiger partial charge is 0.244 e. The van der Waals surface area contributed by atoms with E-state index in [1.54, 1.807) is 24.3 Å². The highest BCUT2D eigenvalue weighted by Gasteiger charge is 2.30. The Kier molecular flexibility index (Phi) is 3.74. The molecule has 2 heterocycles. The number of aromatic nitrogens is 2. The maximum absolute atomic E-state index is 12.5. The number of fused-ring (bicyclic) bond motifs is 2. The molecule has 27 heavy (non-hydrogen) atoms. The van der Waals surface area contributed by atoms with E-state index >= 15 is 0 Å². The van der Waals surface area contributed by atoms with E-state index in [1.165, 1.54) is 16.7 Å². The Morgan fingerprint density at radius 1 is 1.19 bits per heavy atom. The van der Waals surface area contributed by atoms with E-state index in [0.29, 0.717) is 11.6 Å². The molecule has 0 saturated carbocycles. The fraction of sp³-hybridized carbons (Fsp3) is 0.273. The van der Waals surface area contributed by atoms with Gasteiger partial charge < -0.3 is 9.84 Å². The number of aromatic hydroxyl groups is 1. The van der Waals surface area contributed by atoms with Crippen molar-refractivity contribution in [1.82, 2.24) is 4.57 Å². The van der Waals surface area contributed by atoms with Crippen molar-refractivity contribution in [1.29, 1.82) is 0 Å². The van der Waals surface area contributed by atoms with Crippen LogP contribution in [0.4, 0.5) is 0 Å². The van der Waals surface area contributed by atoms with E-state index in [-0.39, 0.29) is 18.1 Å². The molecule has 1 unspecified atom stereocenters. The first kappa shape index (κ1) is 16.1. The molecule has 1 aliphatic carbocycles. The molecule has 2 aromatic carbocycles.